The molecule has 2 fully saturated rings. The highest BCUT2D eigenvalue weighted by Gasteiger charge is 2.23. The Kier molecular flexibility index (Phi) is 5.00. The van der Waals surface area contributed by atoms with Crippen LogP contribution in [0.4, 0.5) is 14.9 Å². The molecule has 0 aliphatic carbocycles. The van der Waals surface area contributed by atoms with E-state index in [0.29, 0.717) is 6.54 Å². The van der Waals surface area contributed by atoms with Gasteiger partial charge in [-0.3, -0.25) is 4.90 Å². The molecule has 5 nitrogen and oxygen atoms in total. The molecule has 0 unspecified atom stereocenters. The van der Waals surface area contributed by atoms with Crippen LogP contribution in [-0.2, 0) is 6.54 Å². The minimum atomic E-state index is -0.464. The zero-order valence-corrected chi connectivity index (χ0v) is 13.4. The van der Waals surface area contributed by atoms with Crippen LogP contribution in [-0.4, -0.2) is 43.2 Å². The number of nitrogens with two attached hydrogens (primary N) is 1. The summed E-state index contributed by atoms with van der Waals surface area (Å²) in [5.74, 6) is -0.119. The molecule has 0 bridgehead atoms. The molecule has 0 radical (unpaired) electrons. The van der Waals surface area contributed by atoms with Crippen molar-refractivity contribution in [1.29, 1.82) is 0 Å². The summed E-state index contributed by atoms with van der Waals surface area (Å²) in [5, 5.41) is 2.76. The number of piperidine rings is 1. The third-order valence-electron chi connectivity index (χ3n) is 4.86. The lowest BCUT2D eigenvalue weighted by atomic mass is 10.0. The van der Waals surface area contributed by atoms with Crippen molar-refractivity contribution in [1.82, 2.24) is 10.2 Å². The van der Waals surface area contributed by atoms with E-state index in [1.165, 1.54) is 12.8 Å². The van der Waals surface area contributed by atoms with Gasteiger partial charge in [-0.2, -0.15) is 0 Å². The van der Waals surface area contributed by atoms with Gasteiger partial charge in [0, 0.05) is 50.0 Å². The summed E-state index contributed by atoms with van der Waals surface area (Å²) in [5.41, 5.74) is 7.02. The van der Waals surface area contributed by atoms with Crippen molar-refractivity contribution in [3.8, 4) is 0 Å². The molecule has 0 spiro atoms. The molecule has 23 heavy (non-hydrogen) atoms. The highest BCUT2D eigenvalue weighted by atomic mass is 19.1. The zero-order valence-electron chi connectivity index (χ0n) is 13.4. The monoisotopic (exact) mass is 320 g/mol. The molecule has 2 aliphatic rings. The first-order chi connectivity index (χ1) is 11.1. The molecule has 2 amide bonds. The van der Waals surface area contributed by atoms with E-state index in [1.54, 1.807) is 12.1 Å². The van der Waals surface area contributed by atoms with Crippen molar-refractivity contribution in [3.63, 3.8) is 0 Å². The van der Waals surface area contributed by atoms with Crippen LogP contribution >= 0.6 is 0 Å². The lowest BCUT2D eigenvalue weighted by Crippen LogP contribution is -2.46. The number of rotatable bonds is 4. The molecule has 0 aromatic heterocycles. The molecule has 126 valence electrons. The van der Waals surface area contributed by atoms with Crippen LogP contribution in [0.5, 0.6) is 0 Å². The van der Waals surface area contributed by atoms with E-state index in [1.807, 2.05) is 6.07 Å². The van der Waals surface area contributed by atoms with Gasteiger partial charge < -0.3 is 16.0 Å². The van der Waals surface area contributed by atoms with Gasteiger partial charge in [0.05, 0.1) is 0 Å². The Morgan fingerprint density at radius 2 is 1.91 bits per heavy atom. The normalized spacial score (nSPS) is 20.0. The van der Waals surface area contributed by atoms with Crippen LogP contribution in [0.1, 0.15) is 31.2 Å². The van der Waals surface area contributed by atoms with Gasteiger partial charge in [-0.25, -0.2) is 9.18 Å². The summed E-state index contributed by atoms with van der Waals surface area (Å²) in [6.45, 7) is 4.35. The number of hydrogen-bond donors (Lipinski definition) is 2. The van der Waals surface area contributed by atoms with Crippen LogP contribution in [0.25, 0.3) is 0 Å². The lowest BCUT2D eigenvalue weighted by Gasteiger charge is -2.33. The predicted molar refractivity (Wildman–Crippen MR) is 88.9 cm³/mol. The fraction of sp³-hybridized carbons (Fsp3) is 0.588. The summed E-state index contributed by atoms with van der Waals surface area (Å²) in [6.07, 6.45) is 4.08. The first kappa shape index (κ1) is 16.1. The molecule has 1 aromatic carbocycles. The maximum absolute atomic E-state index is 14.4. The second-order valence-electron chi connectivity index (χ2n) is 6.49. The fourth-order valence-electron chi connectivity index (χ4n) is 3.62. The quantitative estimate of drug-likeness (QED) is 0.893. The third-order valence-corrected chi connectivity index (χ3v) is 4.86. The summed E-state index contributed by atoms with van der Waals surface area (Å²) in [6, 6.07) is 5.06. The smallest absolute Gasteiger partial charge is 0.312 e. The standard InChI is InChI=1S/C17H25FN4O/c18-15-4-3-5-16(22-8-1-2-9-22)14(15)12-21-10-6-13(7-11-21)20-17(19)23/h3-5,13H,1-2,6-12H2,(H3,19,20,23). The number of halogens is 1. The van der Waals surface area contributed by atoms with E-state index >= 15 is 0 Å². The van der Waals surface area contributed by atoms with Crippen molar-refractivity contribution in [3.05, 3.63) is 29.6 Å². The van der Waals surface area contributed by atoms with Crippen molar-refractivity contribution >= 4 is 11.7 Å². The second-order valence-corrected chi connectivity index (χ2v) is 6.49. The number of carbonyl (C=O) groups is 1. The number of nitrogens with one attached hydrogen (secondary N) is 1. The summed E-state index contributed by atoms with van der Waals surface area (Å²) in [4.78, 5) is 15.5. The van der Waals surface area contributed by atoms with Gasteiger partial charge in [0.2, 0.25) is 0 Å². The molecule has 0 atom stereocenters. The Morgan fingerprint density at radius 1 is 1.22 bits per heavy atom. The average Bonchev–Trinajstić information content (AvgIpc) is 3.05. The van der Waals surface area contributed by atoms with E-state index in [0.717, 1.165) is 50.3 Å². The fourth-order valence-corrected chi connectivity index (χ4v) is 3.62. The number of primary amides is 1. The predicted octanol–water partition coefficient (Wildman–Crippen LogP) is 2.06. The number of anilines is 1. The Labute approximate surface area is 136 Å². The van der Waals surface area contributed by atoms with Gasteiger partial charge in [-0.05, 0) is 37.8 Å². The largest absolute Gasteiger partial charge is 0.371 e. The molecule has 1 aromatic rings. The molecule has 3 N–H and O–H groups in total. The number of benzene rings is 1. The van der Waals surface area contributed by atoms with Crippen molar-refractivity contribution < 1.29 is 9.18 Å². The van der Waals surface area contributed by atoms with Gasteiger partial charge in [-0.15, -0.1) is 0 Å². The molecule has 2 aliphatic heterocycles. The number of nitrogens with zero attached hydrogens (tertiary/aromatic N) is 2. The van der Waals surface area contributed by atoms with Crippen LogP contribution in [0.2, 0.25) is 0 Å². The van der Waals surface area contributed by atoms with E-state index in [4.69, 9.17) is 5.73 Å². The van der Waals surface area contributed by atoms with Gasteiger partial charge in [0.25, 0.3) is 0 Å². The Bertz CT molecular complexity index is 552. The van der Waals surface area contributed by atoms with Crippen molar-refractivity contribution in [2.45, 2.75) is 38.3 Å². The molecule has 6 heteroatoms. The molecular weight excluding hydrogens is 295 g/mol. The Balaban J connectivity index is 1.65. The minimum absolute atomic E-state index is 0.119. The van der Waals surface area contributed by atoms with Crippen molar-refractivity contribution in [2.24, 2.45) is 5.73 Å². The SMILES string of the molecule is NC(=O)NC1CCN(Cc2c(F)cccc2N2CCCC2)CC1. The number of hydrogen-bond acceptors (Lipinski definition) is 3. The molecule has 2 heterocycles. The highest BCUT2D eigenvalue weighted by molar-refractivity contribution is 5.71. The number of urea groups is 1. The lowest BCUT2D eigenvalue weighted by molar-refractivity contribution is 0.187. The minimum Gasteiger partial charge on any atom is -0.371 e. The topological polar surface area (TPSA) is 61.6 Å². The first-order valence-electron chi connectivity index (χ1n) is 8.44. The maximum atomic E-state index is 14.4. The zero-order chi connectivity index (χ0) is 16.2. The maximum Gasteiger partial charge on any atom is 0.312 e. The molecule has 2 saturated heterocycles. The van der Waals surface area contributed by atoms with Crippen LogP contribution in [0.3, 0.4) is 0 Å². The van der Waals surface area contributed by atoms with Gasteiger partial charge in [0.15, 0.2) is 0 Å². The van der Waals surface area contributed by atoms with Crippen LogP contribution < -0.4 is 16.0 Å². The van der Waals surface area contributed by atoms with Crippen LogP contribution in [0, 0.1) is 5.82 Å². The summed E-state index contributed by atoms with van der Waals surface area (Å²) in [7, 11) is 0. The van der Waals surface area contributed by atoms with Crippen LogP contribution in [0.15, 0.2) is 18.2 Å². The Morgan fingerprint density at radius 3 is 2.57 bits per heavy atom. The molecule has 3 rings (SSSR count). The Hall–Kier alpha value is -1.82. The van der Waals surface area contributed by atoms with Gasteiger partial charge >= 0.3 is 6.03 Å². The molecule has 0 saturated carbocycles. The second kappa shape index (κ2) is 7.17. The average molecular weight is 320 g/mol. The highest BCUT2D eigenvalue weighted by Crippen LogP contribution is 2.28. The summed E-state index contributed by atoms with van der Waals surface area (Å²) < 4.78 is 14.4. The van der Waals surface area contributed by atoms with E-state index in [2.05, 4.69) is 15.1 Å². The first-order valence-corrected chi connectivity index (χ1v) is 8.44. The number of likely N-dealkylation sites (tertiary alicyclic amines) is 1. The third kappa shape index (κ3) is 3.93. The summed E-state index contributed by atoms with van der Waals surface area (Å²) >= 11 is 0. The number of carbonyl (C=O) groups excluding carboxylic acids is 1. The van der Waals surface area contributed by atoms with E-state index < -0.39 is 6.03 Å². The van der Waals surface area contributed by atoms with E-state index in [9.17, 15) is 9.18 Å². The van der Waals surface area contributed by atoms with Crippen molar-refractivity contribution in [2.75, 3.05) is 31.1 Å². The molecular formula is C17H25FN4O. The van der Waals surface area contributed by atoms with E-state index in [-0.39, 0.29) is 11.9 Å². The van der Waals surface area contributed by atoms with Gasteiger partial charge in [-0.1, -0.05) is 6.07 Å². The van der Waals surface area contributed by atoms with Gasteiger partial charge in [0.1, 0.15) is 5.82 Å². The number of amides is 2.